The Bertz CT molecular complexity index is 2450. The standard InChI is InChI=1S/C49H59N7O6S2/c1-5-34(4)47(48(58)53-44(25-35-13-7-6-8-14-35)45(57)31-55(29-33(2)3)64(61,62)38-21-19-36(20-22-38)26-51-60)56-24-23-54(49(56)59)30-37-32-63-46(52-37)28-50-27-43-41-17-11-9-15-39(41)40-16-10-12-18-42(40)43/h6-22,26,32-34,43-45,47,50,57,60H,5,23-25,27-31H2,1-4H3,(H,53,58)/b51-26+/t34?,44-,45+,47?/m0/s1. The highest BCUT2D eigenvalue weighted by atomic mass is 32.2. The molecule has 4 atom stereocenters. The van der Waals surface area contributed by atoms with Crippen LogP contribution in [0.5, 0.6) is 0 Å². The van der Waals surface area contributed by atoms with Gasteiger partial charge in [0.15, 0.2) is 0 Å². The molecule has 338 valence electrons. The van der Waals surface area contributed by atoms with Gasteiger partial charge >= 0.3 is 6.03 Å². The number of carbonyl (C=O) groups excluding carboxylic acids is 2. The molecule has 1 fully saturated rings. The van der Waals surface area contributed by atoms with Crippen molar-refractivity contribution < 1.29 is 28.3 Å². The van der Waals surface area contributed by atoms with Crippen molar-refractivity contribution in [2.75, 3.05) is 32.7 Å². The largest absolute Gasteiger partial charge is 0.411 e. The van der Waals surface area contributed by atoms with E-state index < -0.39 is 34.1 Å². The summed E-state index contributed by atoms with van der Waals surface area (Å²) >= 11 is 1.56. The van der Waals surface area contributed by atoms with Crippen LogP contribution in [0.2, 0.25) is 0 Å². The summed E-state index contributed by atoms with van der Waals surface area (Å²) in [6.07, 6.45) is 0.750. The minimum Gasteiger partial charge on any atom is -0.411 e. The number of aliphatic hydroxyl groups is 1. The fraction of sp³-hybridized carbons (Fsp3) is 0.388. The van der Waals surface area contributed by atoms with Crippen LogP contribution in [0.25, 0.3) is 11.1 Å². The molecule has 13 nitrogen and oxygen atoms in total. The van der Waals surface area contributed by atoms with Crippen LogP contribution in [0.3, 0.4) is 0 Å². The van der Waals surface area contributed by atoms with Crippen LogP contribution in [0.4, 0.5) is 4.79 Å². The van der Waals surface area contributed by atoms with Gasteiger partial charge in [-0.1, -0.05) is 130 Å². The second-order valence-electron chi connectivity index (χ2n) is 17.2. The van der Waals surface area contributed by atoms with E-state index in [1.165, 1.54) is 57.0 Å². The summed E-state index contributed by atoms with van der Waals surface area (Å²) in [7, 11) is -4.08. The van der Waals surface area contributed by atoms with E-state index in [-0.39, 0.29) is 48.2 Å². The molecule has 1 aliphatic carbocycles. The van der Waals surface area contributed by atoms with Gasteiger partial charge in [-0.05, 0) is 63.8 Å². The van der Waals surface area contributed by atoms with Crippen LogP contribution < -0.4 is 10.6 Å². The molecule has 2 unspecified atom stereocenters. The Morgan fingerprint density at radius 3 is 2.23 bits per heavy atom. The number of nitrogens with one attached hydrogen (secondary N) is 2. The van der Waals surface area contributed by atoms with Crippen LogP contribution in [-0.2, 0) is 34.3 Å². The Hall–Kier alpha value is -5.45. The highest BCUT2D eigenvalue weighted by Gasteiger charge is 2.41. The first-order valence-electron chi connectivity index (χ1n) is 22.1. The number of sulfonamides is 1. The molecular weight excluding hydrogens is 847 g/mol. The van der Waals surface area contributed by atoms with Crippen LogP contribution in [-0.4, -0.2) is 107 Å². The zero-order chi connectivity index (χ0) is 45.4. The average Bonchev–Trinajstić information content (AvgIpc) is 3.99. The molecule has 15 heteroatoms. The molecule has 64 heavy (non-hydrogen) atoms. The Balaban J connectivity index is 1.01. The van der Waals surface area contributed by atoms with E-state index in [0.29, 0.717) is 38.2 Å². The van der Waals surface area contributed by atoms with Crippen molar-refractivity contribution in [1.82, 2.24) is 29.7 Å². The SMILES string of the molecule is CCC(C)C(C(=O)N[C@@H](Cc1ccccc1)[C@H](O)CN(CC(C)C)S(=O)(=O)c1ccc(/C=N/O)cc1)N1CCN(Cc2csc(CNCC3c4ccccc4-c4ccccc43)n2)C1=O. The number of carbonyl (C=O) groups is 2. The molecule has 3 amide bonds. The Kier molecular flexibility index (Phi) is 15.3. The normalized spacial score (nSPS) is 16.1. The number of aliphatic hydroxyl groups excluding tert-OH is 1. The first-order valence-corrected chi connectivity index (χ1v) is 24.4. The van der Waals surface area contributed by atoms with Gasteiger partial charge < -0.3 is 30.7 Å². The van der Waals surface area contributed by atoms with Crippen molar-refractivity contribution in [1.29, 1.82) is 0 Å². The number of nitrogens with zero attached hydrogens (tertiary/aromatic N) is 5. The highest BCUT2D eigenvalue weighted by molar-refractivity contribution is 7.89. The lowest BCUT2D eigenvalue weighted by Crippen LogP contribution is -2.57. The van der Waals surface area contributed by atoms with Gasteiger partial charge in [0.05, 0.1) is 35.5 Å². The van der Waals surface area contributed by atoms with E-state index in [0.717, 1.165) is 22.8 Å². The number of amides is 3. The van der Waals surface area contributed by atoms with E-state index in [9.17, 15) is 23.1 Å². The molecule has 7 rings (SSSR count). The first kappa shape index (κ1) is 46.5. The van der Waals surface area contributed by atoms with Crippen LogP contribution in [0.1, 0.15) is 73.0 Å². The maximum absolute atomic E-state index is 14.5. The Morgan fingerprint density at radius 2 is 1.59 bits per heavy atom. The summed E-state index contributed by atoms with van der Waals surface area (Å²) in [4.78, 5) is 37.0. The number of hydrogen-bond donors (Lipinski definition) is 4. The number of hydrogen-bond acceptors (Lipinski definition) is 10. The quantitative estimate of drug-likeness (QED) is 0.0349. The van der Waals surface area contributed by atoms with Gasteiger partial charge in [0.1, 0.15) is 11.0 Å². The van der Waals surface area contributed by atoms with E-state index in [2.05, 4.69) is 64.3 Å². The molecule has 4 aromatic carbocycles. The molecule has 1 aromatic heterocycles. The summed E-state index contributed by atoms with van der Waals surface area (Å²) in [5.41, 5.74) is 7.39. The van der Waals surface area contributed by atoms with E-state index in [1.807, 2.05) is 63.4 Å². The van der Waals surface area contributed by atoms with Gasteiger partial charge in [-0.25, -0.2) is 18.2 Å². The van der Waals surface area contributed by atoms with E-state index in [1.54, 1.807) is 21.1 Å². The maximum Gasteiger partial charge on any atom is 0.321 e. The lowest BCUT2D eigenvalue weighted by molar-refractivity contribution is -0.128. The molecule has 2 aliphatic rings. The van der Waals surface area contributed by atoms with Crippen molar-refractivity contribution in [2.45, 2.75) is 82.6 Å². The third-order valence-corrected chi connectivity index (χ3v) is 15.0. The molecule has 0 spiro atoms. The summed E-state index contributed by atoms with van der Waals surface area (Å²) in [5.74, 6) is -0.438. The van der Waals surface area contributed by atoms with Crippen molar-refractivity contribution in [3.63, 3.8) is 0 Å². The number of aromatic nitrogens is 1. The zero-order valence-electron chi connectivity index (χ0n) is 36.9. The zero-order valence-corrected chi connectivity index (χ0v) is 38.5. The number of thiazole rings is 1. The molecule has 1 aliphatic heterocycles. The minimum absolute atomic E-state index is 0.0239. The molecule has 0 bridgehead atoms. The van der Waals surface area contributed by atoms with Crippen molar-refractivity contribution in [3.05, 3.63) is 141 Å². The minimum atomic E-state index is -4.08. The number of oxime groups is 1. The number of urea groups is 1. The molecule has 2 heterocycles. The summed E-state index contributed by atoms with van der Waals surface area (Å²) in [6.45, 7) is 10.0. The average molecular weight is 906 g/mol. The second-order valence-corrected chi connectivity index (χ2v) is 20.1. The van der Waals surface area contributed by atoms with Gasteiger partial charge in [0.25, 0.3) is 0 Å². The Morgan fingerprint density at radius 1 is 0.938 bits per heavy atom. The molecule has 5 aromatic rings. The predicted molar refractivity (Wildman–Crippen MR) is 251 cm³/mol. The second kappa shape index (κ2) is 21.0. The third kappa shape index (κ3) is 10.7. The van der Waals surface area contributed by atoms with Gasteiger partial charge in [-0.2, -0.15) is 4.31 Å². The molecule has 0 saturated carbocycles. The van der Waals surface area contributed by atoms with Crippen LogP contribution in [0, 0.1) is 11.8 Å². The maximum atomic E-state index is 14.5. The molecular formula is C49H59N7O6S2. The number of rotatable bonds is 21. The van der Waals surface area contributed by atoms with Gasteiger partial charge in [0.2, 0.25) is 15.9 Å². The van der Waals surface area contributed by atoms with Gasteiger partial charge in [-0.3, -0.25) is 4.79 Å². The van der Waals surface area contributed by atoms with Crippen molar-refractivity contribution in [2.24, 2.45) is 17.0 Å². The fourth-order valence-electron chi connectivity index (χ4n) is 8.81. The topological polar surface area (TPSA) is 168 Å². The number of fused-ring (bicyclic) bond motifs is 3. The predicted octanol–water partition coefficient (Wildman–Crippen LogP) is 6.94. The molecule has 0 radical (unpaired) electrons. The summed E-state index contributed by atoms with van der Waals surface area (Å²) in [5, 5.41) is 33.5. The van der Waals surface area contributed by atoms with Crippen LogP contribution in [0.15, 0.2) is 119 Å². The van der Waals surface area contributed by atoms with E-state index >= 15 is 0 Å². The lowest BCUT2D eigenvalue weighted by atomic mass is 9.95. The van der Waals surface area contributed by atoms with Crippen LogP contribution >= 0.6 is 11.3 Å². The van der Waals surface area contributed by atoms with Crippen molar-refractivity contribution in [3.8, 4) is 11.1 Å². The van der Waals surface area contributed by atoms with Gasteiger partial charge in [0, 0.05) is 50.6 Å². The third-order valence-electron chi connectivity index (χ3n) is 12.2. The molecule has 4 N–H and O–H groups in total. The van der Waals surface area contributed by atoms with E-state index in [4.69, 9.17) is 10.2 Å². The number of benzene rings is 4. The fourth-order valence-corrected chi connectivity index (χ4v) is 11.2. The Labute approximate surface area is 380 Å². The van der Waals surface area contributed by atoms with Crippen molar-refractivity contribution >= 4 is 39.5 Å². The molecule has 1 saturated heterocycles. The highest BCUT2D eigenvalue weighted by Crippen LogP contribution is 2.44. The summed E-state index contributed by atoms with van der Waals surface area (Å²) < 4.78 is 29.3. The smallest absolute Gasteiger partial charge is 0.321 e. The lowest BCUT2D eigenvalue weighted by Gasteiger charge is -2.35. The first-order chi connectivity index (χ1) is 30.9. The van der Waals surface area contributed by atoms with Gasteiger partial charge in [-0.15, -0.1) is 11.3 Å². The monoisotopic (exact) mass is 905 g/mol. The summed E-state index contributed by atoms with van der Waals surface area (Å²) in [6, 6.07) is 30.5.